The Kier molecular flexibility index (Phi) is 5.22. The maximum Gasteiger partial charge on any atom is 0.495 e. The minimum Gasteiger partial charge on any atom is -0.478 e. The van der Waals surface area contributed by atoms with Crippen molar-refractivity contribution < 1.29 is 19.2 Å². The molecular weight excluding hydrogens is 304 g/mol. The van der Waals surface area contributed by atoms with E-state index < -0.39 is 24.3 Å². The second-order valence-corrected chi connectivity index (χ2v) is 6.56. The fourth-order valence-electron chi connectivity index (χ4n) is 2.18. The van der Waals surface area contributed by atoms with Crippen LogP contribution < -0.4 is 10.4 Å². The van der Waals surface area contributed by atoms with Gasteiger partial charge in [0.2, 0.25) is 0 Å². The van der Waals surface area contributed by atoms with Crippen molar-refractivity contribution in [1.29, 1.82) is 0 Å². The molecule has 7 heteroatoms. The molecule has 1 heterocycles. The predicted molar refractivity (Wildman–Crippen MR) is 90.7 cm³/mol. The van der Waals surface area contributed by atoms with Crippen molar-refractivity contribution >= 4 is 36.6 Å². The molecule has 1 aromatic carbocycles. The third kappa shape index (κ3) is 3.24. The van der Waals surface area contributed by atoms with Gasteiger partial charge in [0, 0.05) is 19.8 Å². The molecular formula is C15H23BClNO4. The molecule has 1 aliphatic rings. The second kappa shape index (κ2) is 6.10. The number of hydrogen-bond donors (Lipinski definition) is 1. The Labute approximate surface area is 138 Å². The summed E-state index contributed by atoms with van der Waals surface area (Å²) in [4.78, 5) is 13.4. The maximum absolute atomic E-state index is 11.5. The Bertz CT molecular complexity index is 559. The van der Waals surface area contributed by atoms with Crippen LogP contribution in [0.15, 0.2) is 18.2 Å². The highest BCUT2D eigenvalue weighted by molar-refractivity contribution is 6.63. The first-order valence-electron chi connectivity index (χ1n) is 6.95. The minimum absolute atomic E-state index is 0. The first kappa shape index (κ1) is 18.8. The number of carboxylic acids is 1. The summed E-state index contributed by atoms with van der Waals surface area (Å²) in [6.45, 7) is 7.78. The van der Waals surface area contributed by atoms with Crippen LogP contribution >= 0.6 is 12.4 Å². The Morgan fingerprint density at radius 2 is 1.64 bits per heavy atom. The molecule has 0 atom stereocenters. The summed E-state index contributed by atoms with van der Waals surface area (Å²) in [5, 5.41) is 9.46. The average molecular weight is 328 g/mol. The maximum atomic E-state index is 11.5. The highest BCUT2D eigenvalue weighted by Crippen LogP contribution is 2.36. The van der Waals surface area contributed by atoms with Gasteiger partial charge in [-0.05, 0) is 45.3 Å². The Morgan fingerprint density at radius 1 is 1.14 bits per heavy atom. The van der Waals surface area contributed by atoms with E-state index in [0.29, 0.717) is 5.46 Å². The Balaban J connectivity index is 0.00000242. The molecule has 0 unspecified atom stereocenters. The molecule has 122 valence electrons. The number of rotatable bonds is 3. The van der Waals surface area contributed by atoms with Gasteiger partial charge in [-0.3, -0.25) is 0 Å². The van der Waals surface area contributed by atoms with E-state index in [1.54, 1.807) is 12.1 Å². The van der Waals surface area contributed by atoms with Gasteiger partial charge in [0.05, 0.1) is 16.8 Å². The summed E-state index contributed by atoms with van der Waals surface area (Å²) in [5.41, 5.74) is 0.598. The lowest BCUT2D eigenvalue weighted by molar-refractivity contribution is 0.00578. The quantitative estimate of drug-likeness (QED) is 0.862. The molecule has 0 radical (unpaired) electrons. The van der Waals surface area contributed by atoms with Crippen LogP contribution in [0.2, 0.25) is 0 Å². The molecule has 0 aromatic heterocycles. The standard InChI is InChI=1S/C15H22BNO4.ClH/c1-14(2)15(3,4)21-16(20-14)12-8-7-10(17(5)6)9-11(12)13(18)19;/h7-9H,1-6H3,(H,18,19);1H. The number of hydrogen-bond acceptors (Lipinski definition) is 4. The van der Waals surface area contributed by atoms with E-state index >= 15 is 0 Å². The number of benzene rings is 1. The van der Waals surface area contributed by atoms with Crippen LogP contribution in [0.3, 0.4) is 0 Å². The normalized spacial score (nSPS) is 18.7. The molecule has 0 bridgehead atoms. The van der Waals surface area contributed by atoms with E-state index in [4.69, 9.17) is 9.31 Å². The third-order valence-electron chi connectivity index (χ3n) is 4.29. The summed E-state index contributed by atoms with van der Waals surface area (Å²) in [5.74, 6) is -0.983. The van der Waals surface area contributed by atoms with Crippen LogP contribution in [-0.2, 0) is 9.31 Å². The van der Waals surface area contributed by atoms with Gasteiger partial charge in [0.15, 0.2) is 0 Å². The highest BCUT2D eigenvalue weighted by atomic mass is 35.5. The van der Waals surface area contributed by atoms with Crippen molar-refractivity contribution in [2.45, 2.75) is 38.9 Å². The number of aromatic carboxylic acids is 1. The van der Waals surface area contributed by atoms with E-state index in [0.717, 1.165) is 5.69 Å². The smallest absolute Gasteiger partial charge is 0.478 e. The number of carbonyl (C=O) groups is 1. The zero-order valence-electron chi connectivity index (χ0n) is 13.8. The minimum atomic E-state index is -0.983. The molecule has 1 N–H and O–H groups in total. The topological polar surface area (TPSA) is 59.0 Å². The van der Waals surface area contributed by atoms with Crippen molar-refractivity contribution in [3.8, 4) is 0 Å². The molecule has 0 aliphatic carbocycles. The van der Waals surface area contributed by atoms with Crippen molar-refractivity contribution in [3.63, 3.8) is 0 Å². The fraction of sp³-hybridized carbons (Fsp3) is 0.533. The van der Waals surface area contributed by atoms with Crippen molar-refractivity contribution in [2.75, 3.05) is 19.0 Å². The second-order valence-electron chi connectivity index (χ2n) is 6.56. The summed E-state index contributed by atoms with van der Waals surface area (Å²) in [6.07, 6.45) is 0. The molecule has 22 heavy (non-hydrogen) atoms. The molecule has 1 saturated heterocycles. The van der Waals surface area contributed by atoms with E-state index in [9.17, 15) is 9.90 Å². The summed E-state index contributed by atoms with van der Waals surface area (Å²) < 4.78 is 11.9. The zero-order chi connectivity index (χ0) is 16.0. The molecule has 1 aromatic rings. The summed E-state index contributed by atoms with van der Waals surface area (Å²) in [6, 6.07) is 5.27. The monoisotopic (exact) mass is 327 g/mol. The van der Waals surface area contributed by atoms with Gasteiger partial charge in [-0.25, -0.2) is 4.79 Å². The van der Waals surface area contributed by atoms with Crippen LogP contribution in [0.25, 0.3) is 0 Å². The number of halogens is 1. The van der Waals surface area contributed by atoms with Gasteiger partial charge in [-0.15, -0.1) is 12.4 Å². The van der Waals surface area contributed by atoms with Crippen LogP contribution in [0.5, 0.6) is 0 Å². The highest BCUT2D eigenvalue weighted by Gasteiger charge is 2.52. The molecule has 0 saturated carbocycles. The molecule has 5 nitrogen and oxygen atoms in total. The van der Waals surface area contributed by atoms with Gasteiger partial charge >= 0.3 is 13.1 Å². The fourth-order valence-corrected chi connectivity index (χ4v) is 2.18. The van der Waals surface area contributed by atoms with E-state index in [2.05, 4.69) is 0 Å². The molecule has 1 aliphatic heterocycles. The summed E-state index contributed by atoms with van der Waals surface area (Å²) in [7, 11) is 3.07. The molecule has 0 spiro atoms. The van der Waals surface area contributed by atoms with E-state index in [-0.39, 0.29) is 18.0 Å². The lowest BCUT2D eigenvalue weighted by atomic mass is 9.75. The van der Waals surface area contributed by atoms with Crippen LogP contribution in [0.1, 0.15) is 38.1 Å². The van der Waals surface area contributed by atoms with Crippen molar-refractivity contribution in [1.82, 2.24) is 0 Å². The number of carboxylic acid groups (broad SMARTS) is 1. The molecule has 0 amide bonds. The Morgan fingerprint density at radius 3 is 2.05 bits per heavy atom. The zero-order valence-corrected chi connectivity index (χ0v) is 14.7. The number of nitrogens with zero attached hydrogens (tertiary/aromatic N) is 1. The molecule has 1 fully saturated rings. The van der Waals surface area contributed by atoms with Crippen molar-refractivity contribution in [2.24, 2.45) is 0 Å². The lowest BCUT2D eigenvalue weighted by Crippen LogP contribution is -2.41. The first-order chi connectivity index (χ1) is 9.55. The number of anilines is 1. The van der Waals surface area contributed by atoms with Crippen LogP contribution in [0.4, 0.5) is 5.69 Å². The van der Waals surface area contributed by atoms with E-state index in [1.165, 1.54) is 0 Å². The largest absolute Gasteiger partial charge is 0.495 e. The van der Waals surface area contributed by atoms with E-state index in [1.807, 2.05) is 52.8 Å². The SMILES string of the molecule is CN(C)c1ccc(B2OC(C)(C)C(C)(C)O2)c(C(=O)O)c1.Cl. The summed E-state index contributed by atoms with van der Waals surface area (Å²) >= 11 is 0. The van der Waals surface area contributed by atoms with Gasteiger partial charge in [-0.1, -0.05) is 6.07 Å². The van der Waals surface area contributed by atoms with Gasteiger partial charge in [0.1, 0.15) is 0 Å². The van der Waals surface area contributed by atoms with Gasteiger partial charge in [-0.2, -0.15) is 0 Å². The van der Waals surface area contributed by atoms with Gasteiger partial charge < -0.3 is 19.3 Å². The van der Waals surface area contributed by atoms with Crippen LogP contribution in [-0.4, -0.2) is 43.5 Å². The predicted octanol–water partition coefficient (Wildman–Crippen LogP) is 2.17. The molecule has 2 rings (SSSR count). The van der Waals surface area contributed by atoms with Crippen molar-refractivity contribution in [3.05, 3.63) is 23.8 Å². The average Bonchev–Trinajstić information content (AvgIpc) is 2.57. The van der Waals surface area contributed by atoms with Crippen LogP contribution in [0, 0.1) is 0 Å². The first-order valence-corrected chi connectivity index (χ1v) is 6.95. The lowest BCUT2D eigenvalue weighted by Gasteiger charge is -2.32. The Hall–Kier alpha value is -1.24. The van der Waals surface area contributed by atoms with Gasteiger partial charge in [0.25, 0.3) is 0 Å². The third-order valence-corrected chi connectivity index (χ3v) is 4.29.